The van der Waals surface area contributed by atoms with Crippen LogP contribution in [0.3, 0.4) is 0 Å². The molecule has 3 saturated heterocycles. The van der Waals surface area contributed by atoms with Gasteiger partial charge in [-0.25, -0.2) is 9.48 Å². The third-order valence-electron chi connectivity index (χ3n) is 8.23. The van der Waals surface area contributed by atoms with E-state index in [0.29, 0.717) is 24.4 Å². The van der Waals surface area contributed by atoms with Gasteiger partial charge in [-0.1, -0.05) is 6.92 Å². The Bertz CT molecular complexity index is 1100. The molecule has 0 aliphatic carbocycles. The third kappa shape index (κ3) is 4.81. The molecule has 4 aliphatic heterocycles. The Labute approximate surface area is 224 Å². The minimum Gasteiger partial charge on any atom is -0.477 e. The van der Waals surface area contributed by atoms with Crippen molar-refractivity contribution in [2.45, 2.75) is 75.3 Å². The van der Waals surface area contributed by atoms with Crippen LogP contribution >= 0.6 is 11.8 Å². The summed E-state index contributed by atoms with van der Waals surface area (Å²) >= 11 is 1.48. The Balaban J connectivity index is 1.23. The van der Waals surface area contributed by atoms with Crippen LogP contribution in [0.2, 0.25) is 0 Å². The normalized spacial score (nSPS) is 32.8. The summed E-state index contributed by atoms with van der Waals surface area (Å²) in [5.41, 5.74) is 5.92. The van der Waals surface area contributed by atoms with Crippen LogP contribution in [0, 0.1) is 11.8 Å². The molecule has 6 N–H and O–H groups in total. The second-order valence-electron chi connectivity index (χ2n) is 10.6. The van der Waals surface area contributed by atoms with Gasteiger partial charge in [0.2, 0.25) is 11.8 Å². The van der Waals surface area contributed by atoms with E-state index in [4.69, 9.17) is 5.73 Å². The molecular formula is C23H35N9O5S. The van der Waals surface area contributed by atoms with Crippen molar-refractivity contribution in [3.05, 3.63) is 16.9 Å². The molecular weight excluding hydrogens is 514 g/mol. The molecule has 2 unspecified atom stereocenters. The molecule has 0 bridgehead atoms. The van der Waals surface area contributed by atoms with Gasteiger partial charge in [-0.15, -0.1) is 16.9 Å². The number of hydrogen-bond acceptors (Lipinski definition) is 11. The highest BCUT2D eigenvalue weighted by Gasteiger charge is 2.60. The molecule has 2 amide bonds. The van der Waals surface area contributed by atoms with Crippen LogP contribution in [-0.2, 0) is 20.9 Å². The van der Waals surface area contributed by atoms with Crippen molar-refractivity contribution in [3.63, 3.8) is 0 Å². The standard InChI is InChI=1S/C23H35N9O5S/c1-11-18-17(12(2)27-16(33)9-30-10-26-28-29-30)22(35)32(18)19(23(36)37)20(11)38-14-6-15(25-8-14)21(34)31-5-3-4-13(31)7-24/h10-15,17-18,21,25,34H,3-9,24H2,1-2H3,(H,27,33)(H,36,37)/t11-,12-,13+,14+,15?,17-,18-,21?/m1/s1. The van der Waals surface area contributed by atoms with Gasteiger partial charge in [-0.05, 0) is 36.6 Å². The van der Waals surface area contributed by atoms with Gasteiger partial charge in [0.05, 0.1) is 12.0 Å². The van der Waals surface area contributed by atoms with E-state index < -0.39 is 24.2 Å². The van der Waals surface area contributed by atoms with Gasteiger partial charge < -0.3 is 31.5 Å². The lowest BCUT2D eigenvalue weighted by Crippen LogP contribution is -2.66. The number of likely N-dealkylation sites (tertiary alicyclic amines) is 1. The highest BCUT2D eigenvalue weighted by molar-refractivity contribution is 8.03. The number of rotatable bonds is 10. The van der Waals surface area contributed by atoms with E-state index in [1.54, 1.807) is 6.92 Å². The molecule has 38 heavy (non-hydrogen) atoms. The monoisotopic (exact) mass is 549 g/mol. The highest BCUT2D eigenvalue weighted by Crippen LogP contribution is 2.52. The lowest BCUT2D eigenvalue weighted by atomic mass is 9.78. The van der Waals surface area contributed by atoms with Gasteiger partial charge in [0, 0.05) is 53.8 Å². The molecule has 5 rings (SSSR count). The van der Waals surface area contributed by atoms with Crippen molar-refractivity contribution < 1.29 is 24.6 Å². The number of carboxylic acids is 1. The Morgan fingerprint density at radius 1 is 1.39 bits per heavy atom. The topological polar surface area (TPSA) is 192 Å². The highest BCUT2D eigenvalue weighted by atomic mass is 32.2. The quantitative estimate of drug-likeness (QED) is 0.205. The summed E-state index contributed by atoms with van der Waals surface area (Å²) in [7, 11) is 0. The van der Waals surface area contributed by atoms with Crippen molar-refractivity contribution in [3.8, 4) is 0 Å². The summed E-state index contributed by atoms with van der Waals surface area (Å²) in [4.78, 5) is 42.0. The SMILES string of the molecule is C[C@@H](NC(=O)Cn1cnnn1)[C@H]1C(=O)N2C(C(=O)O)=C(S[C@@H]3CNC(C(O)N4CCC[C@H]4CN)C3)[C@H](C)[C@H]12. The number of aliphatic hydroxyl groups is 1. The fourth-order valence-electron chi connectivity index (χ4n) is 6.41. The molecule has 0 aromatic carbocycles. The van der Waals surface area contributed by atoms with Crippen LogP contribution in [0.25, 0.3) is 0 Å². The van der Waals surface area contributed by atoms with Crippen LogP contribution in [0.15, 0.2) is 16.9 Å². The van der Waals surface area contributed by atoms with Crippen LogP contribution in [0.1, 0.15) is 33.1 Å². The third-order valence-corrected chi connectivity index (χ3v) is 9.74. The number of aromatic nitrogens is 4. The van der Waals surface area contributed by atoms with Gasteiger partial charge in [-0.2, -0.15) is 0 Å². The minimum atomic E-state index is -1.13. The van der Waals surface area contributed by atoms with E-state index in [1.165, 1.54) is 27.7 Å². The van der Waals surface area contributed by atoms with E-state index in [9.17, 15) is 24.6 Å². The van der Waals surface area contributed by atoms with Crippen molar-refractivity contribution in [1.29, 1.82) is 0 Å². The Morgan fingerprint density at radius 2 is 2.18 bits per heavy atom. The molecule has 14 nitrogen and oxygen atoms in total. The number of hydrogen-bond donors (Lipinski definition) is 5. The van der Waals surface area contributed by atoms with Crippen LogP contribution in [0.5, 0.6) is 0 Å². The zero-order chi connectivity index (χ0) is 27.1. The number of amides is 2. The smallest absolute Gasteiger partial charge is 0.353 e. The van der Waals surface area contributed by atoms with E-state index >= 15 is 0 Å². The number of aliphatic hydroxyl groups excluding tert-OH is 1. The van der Waals surface area contributed by atoms with E-state index in [1.807, 2.05) is 6.92 Å². The first-order chi connectivity index (χ1) is 18.2. The van der Waals surface area contributed by atoms with Crippen molar-refractivity contribution in [2.24, 2.45) is 17.6 Å². The van der Waals surface area contributed by atoms with Crippen LogP contribution in [0.4, 0.5) is 0 Å². The number of aliphatic carboxylic acids is 1. The second-order valence-corrected chi connectivity index (χ2v) is 11.9. The van der Waals surface area contributed by atoms with Crippen molar-refractivity contribution in [2.75, 3.05) is 19.6 Å². The fourth-order valence-corrected chi connectivity index (χ4v) is 7.90. The summed E-state index contributed by atoms with van der Waals surface area (Å²) in [5, 5.41) is 38.0. The molecule has 3 fully saturated rings. The van der Waals surface area contributed by atoms with Gasteiger partial charge >= 0.3 is 5.97 Å². The maximum absolute atomic E-state index is 13.1. The minimum absolute atomic E-state index is 0.0349. The number of fused-ring (bicyclic) bond motifs is 1. The number of β-lactam (4-membered cyclic amide) rings is 1. The first-order valence-electron chi connectivity index (χ1n) is 13.1. The molecule has 208 valence electrons. The van der Waals surface area contributed by atoms with Crippen LogP contribution < -0.4 is 16.4 Å². The average Bonchev–Trinajstić information content (AvgIpc) is 3.66. The summed E-state index contributed by atoms with van der Waals surface area (Å²) in [5.74, 6) is -2.50. The van der Waals surface area contributed by atoms with Crippen molar-refractivity contribution >= 4 is 29.5 Å². The molecule has 5 heterocycles. The lowest BCUT2D eigenvalue weighted by Gasteiger charge is -2.47. The second kappa shape index (κ2) is 10.9. The van der Waals surface area contributed by atoms with E-state index in [2.05, 4.69) is 31.1 Å². The summed E-state index contributed by atoms with van der Waals surface area (Å²) in [6.45, 7) is 5.58. The number of carbonyl (C=O) groups excluding carboxylic acids is 2. The van der Waals surface area contributed by atoms with Crippen LogP contribution in [-0.4, -0.2) is 113 Å². The maximum Gasteiger partial charge on any atom is 0.353 e. The predicted molar refractivity (Wildman–Crippen MR) is 136 cm³/mol. The number of nitrogens with zero attached hydrogens (tertiary/aromatic N) is 6. The Morgan fingerprint density at radius 3 is 2.87 bits per heavy atom. The lowest BCUT2D eigenvalue weighted by molar-refractivity contribution is -0.158. The zero-order valence-electron chi connectivity index (χ0n) is 21.4. The van der Waals surface area contributed by atoms with Gasteiger partial charge in [0.15, 0.2) is 0 Å². The average molecular weight is 550 g/mol. The fraction of sp³-hybridized carbons (Fsp3) is 0.739. The van der Waals surface area contributed by atoms with Crippen molar-refractivity contribution in [1.82, 2.24) is 40.6 Å². The molecule has 1 aromatic rings. The Kier molecular flexibility index (Phi) is 7.73. The maximum atomic E-state index is 13.1. The first-order valence-corrected chi connectivity index (χ1v) is 13.9. The summed E-state index contributed by atoms with van der Waals surface area (Å²) in [6.07, 6.45) is 3.35. The molecule has 0 saturated carbocycles. The number of carbonyl (C=O) groups is 3. The number of tetrazole rings is 1. The Hall–Kier alpha value is -2.59. The molecule has 0 radical (unpaired) electrons. The number of thioether (sulfide) groups is 1. The van der Waals surface area contributed by atoms with Gasteiger partial charge in [0.1, 0.15) is 24.8 Å². The molecule has 8 atom stereocenters. The number of nitrogens with two attached hydrogens (primary N) is 1. The molecule has 15 heteroatoms. The van der Waals surface area contributed by atoms with Gasteiger partial charge in [-0.3, -0.25) is 14.5 Å². The number of nitrogens with one attached hydrogen (secondary N) is 2. The van der Waals surface area contributed by atoms with E-state index in [-0.39, 0.29) is 53.3 Å². The van der Waals surface area contributed by atoms with Gasteiger partial charge in [0.25, 0.3) is 0 Å². The zero-order valence-corrected chi connectivity index (χ0v) is 22.3. The predicted octanol–water partition coefficient (Wildman–Crippen LogP) is -1.84. The number of carboxylic acid groups (broad SMARTS) is 1. The molecule has 1 aromatic heterocycles. The molecule has 0 spiro atoms. The first kappa shape index (κ1) is 27.0. The summed E-state index contributed by atoms with van der Waals surface area (Å²) < 4.78 is 1.29. The molecule has 4 aliphatic rings. The van der Waals surface area contributed by atoms with E-state index in [0.717, 1.165) is 19.4 Å². The largest absolute Gasteiger partial charge is 0.477 e. The summed E-state index contributed by atoms with van der Waals surface area (Å²) in [6, 6.07) is -0.785.